The zero-order chi connectivity index (χ0) is 11.1. The van der Waals surface area contributed by atoms with Crippen LogP contribution in [0.5, 0.6) is 5.75 Å². The maximum atomic E-state index is 11.6. The molecule has 0 amide bonds. The van der Waals surface area contributed by atoms with E-state index in [-0.39, 0.29) is 11.2 Å². The van der Waals surface area contributed by atoms with Crippen LogP contribution in [0.3, 0.4) is 0 Å². The summed E-state index contributed by atoms with van der Waals surface area (Å²) in [5, 5.41) is 0. The number of methoxy groups -OCH3 is 1. The van der Waals surface area contributed by atoms with Crippen LogP contribution in [0, 0.1) is 0 Å². The highest BCUT2D eigenvalue weighted by Gasteiger charge is 2.50. The first-order chi connectivity index (χ1) is 7.12. The molecule has 0 N–H and O–H groups in total. The quantitative estimate of drug-likeness (QED) is 0.842. The van der Waals surface area contributed by atoms with E-state index in [2.05, 4.69) is 15.9 Å². The van der Waals surface area contributed by atoms with Crippen LogP contribution in [-0.4, -0.2) is 12.9 Å². The minimum absolute atomic E-state index is 0.243. The highest BCUT2D eigenvalue weighted by atomic mass is 79.9. The van der Waals surface area contributed by atoms with E-state index < -0.39 is 0 Å². The number of hydrogen-bond acceptors (Lipinski definition) is 2. The van der Waals surface area contributed by atoms with Crippen molar-refractivity contribution < 1.29 is 9.53 Å². The molecule has 0 aliphatic heterocycles. The van der Waals surface area contributed by atoms with Gasteiger partial charge in [-0.05, 0) is 47.3 Å². The van der Waals surface area contributed by atoms with Crippen LogP contribution in [0.1, 0.15) is 25.3 Å². The highest BCUT2D eigenvalue weighted by Crippen LogP contribution is 2.52. The molecule has 2 nitrogen and oxygen atoms in total. The normalized spacial score (nSPS) is 17.3. The molecule has 2 rings (SSSR count). The molecule has 80 valence electrons. The van der Waals surface area contributed by atoms with E-state index in [1.165, 1.54) is 0 Å². The number of halogens is 1. The van der Waals surface area contributed by atoms with Gasteiger partial charge in [0.1, 0.15) is 11.5 Å². The van der Waals surface area contributed by atoms with Crippen molar-refractivity contribution >= 4 is 21.7 Å². The lowest BCUT2D eigenvalue weighted by atomic mass is 9.92. The van der Waals surface area contributed by atoms with Crippen molar-refractivity contribution in [3.63, 3.8) is 0 Å². The zero-order valence-corrected chi connectivity index (χ0v) is 10.4. The average Bonchev–Trinajstić information content (AvgIpc) is 2.99. The van der Waals surface area contributed by atoms with Crippen LogP contribution < -0.4 is 4.74 Å². The Morgan fingerprint density at radius 3 is 2.60 bits per heavy atom. The van der Waals surface area contributed by atoms with Crippen molar-refractivity contribution in [1.82, 2.24) is 0 Å². The van der Waals surface area contributed by atoms with Gasteiger partial charge >= 0.3 is 0 Å². The van der Waals surface area contributed by atoms with Crippen molar-refractivity contribution in [1.29, 1.82) is 0 Å². The molecular formula is C12H13BrO2. The number of carbonyl (C=O) groups is 1. The summed E-state index contributed by atoms with van der Waals surface area (Å²) in [7, 11) is 1.64. The molecule has 1 aliphatic carbocycles. The zero-order valence-electron chi connectivity index (χ0n) is 8.84. The predicted molar refractivity (Wildman–Crippen MR) is 62.3 cm³/mol. The first kappa shape index (κ1) is 10.7. The lowest BCUT2D eigenvalue weighted by molar-refractivity contribution is -0.119. The van der Waals surface area contributed by atoms with Gasteiger partial charge in [-0.2, -0.15) is 0 Å². The Bertz CT molecular complexity index is 408. The maximum absolute atomic E-state index is 11.6. The van der Waals surface area contributed by atoms with Gasteiger partial charge in [-0.25, -0.2) is 0 Å². The summed E-state index contributed by atoms with van der Waals surface area (Å²) in [6.45, 7) is 1.67. The lowest BCUT2D eigenvalue weighted by Crippen LogP contribution is -2.17. The Balaban J connectivity index is 2.50. The summed E-state index contributed by atoms with van der Waals surface area (Å²) in [5.41, 5.74) is 0.822. The van der Waals surface area contributed by atoms with Crippen molar-refractivity contribution in [2.75, 3.05) is 7.11 Å². The van der Waals surface area contributed by atoms with Gasteiger partial charge in [-0.1, -0.05) is 12.1 Å². The molecule has 0 spiro atoms. The average molecular weight is 269 g/mol. The minimum Gasteiger partial charge on any atom is -0.496 e. The van der Waals surface area contributed by atoms with Gasteiger partial charge in [-0.15, -0.1) is 0 Å². The third-order valence-corrected chi connectivity index (χ3v) is 3.94. The van der Waals surface area contributed by atoms with Gasteiger partial charge in [0.25, 0.3) is 0 Å². The smallest absolute Gasteiger partial charge is 0.140 e. The molecule has 0 saturated heterocycles. The summed E-state index contributed by atoms with van der Waals surface area (Å²) < 4.78 is 6.15. The number of rotatable bonds is 3. The predicted octanol–water partition coefficient (Wildman–Crippen LogP) is 3.08. The number of carbonyl (C=O) groups excluding carboxylic acids is 1. The number of ether oxygens (including phenoxy) is 1. The topological polar surface area (TPSA) is 26.3 Å². The van der Waals surface area contributed by atoms with E-state index >= 15 is 0 Å². The van der Waals surface area contributed by atoms with Crippen LogP contribution >= 0.6 is 15.9 Å². The fourth-order valence-electron chi connectivity index (χ4n) is 1.97. The molecule has 0 radical (unpaired) electrons. The Morgan fingerprint density at radius 2 is 2.13 bits per heavy atom. The number of hydrogen-bond donors (Lipinski definition) is 0. The van der Waals surface area contributed by atoms with Gasteiger partial charge in [-0.3, -0.25) is 4.79 Å². The fourth-order valence-corrected chi connectivity index (χ4v) is 2.78. The van der Waals surface area contributed by atoms with Gasteiger partial charge < -0.3 is 4.74 Å². The third-order valence-electron chi connectivity index (χ3n) is 3.12. The molecule has 0 heterocycles. The molecule has 0 unspecified atom stereocenters. The minimum atomic E-state index is -0.243. The van der Waals surface area contributed by atoms with E-state index in [0.717, 1.165) is 28.6 Å². The van der Waals surface area contributed by atoms with Gasteiger partial charge in [0.15, 0.2) is 0 Å². The maximum Gasteiger partial charge on any atom is 0.140 e. The molecule has 15 heavy (non-hydrogen) atoms. The van der Waals surface area contributed by atoms with E-state index in [0.29, 0.717) is 0 Å². The van der Waals surface area contributed by atoms with Gasteiger partial charge in [0.05, 0.1) is 17.0 Å². The van der Waals surface area contributed by atoms with Crippen molar-refractivity contribution in [2.45, 2.75) is 25.2 Å². The Kier molecular flexibility index (Phi) is 2.59. The number of benzene rings is 1. The summed E-state index contributed by atoms with van der Waals surface area (Å²) in [6.07, 6.45) is 1.90. The standard InChI is InChI=1S/C12H13BrO2/c1-8(14)12(6-7-12)9-4-3-5-10(15-2)11(9)13/h3-5H,6-7H2,1-2H3. The summed E-state index contributed by atoms with van der Waals surface area (Å²) >= 11 is 3.51. The summed E-state index contributed by atoms with van der Waals surface area (Å²) in [5.74, 6) is 1.04. The Labute approximate surface area is 97.8 Å². The molecule has 0 bridgehead atoms. The SMILES string of the molecule is COc1cccc(C2(C(C)=O)CC2)c1Br. The molecular weight excluding hydrogens is 256 g/mol. The number of Topliss-reactive ketones (excluding diaryl/α,β-unsaturated/α-hetero) is 1. The molecule has 1 aromatic rings. The molecule has 0 aromatic heterocycles. The van der Waals surface area contributed by atoms with E-state index in [1.54, 1.807) is 14.0 Å². The number of ketones is 1. The van der Waals surface area contributed by atoms with Gasteiger partial charge in [0.2, 0.25) is 0 Å². The lowest BCUT2D eigenvalue weighted by Gasteiger charge is -2.15. The first-order valence-corrected chi connectivity index (χ1v) is 5.75. The summed E-state index contributed by atoms with van der Waals surface area (Å²) in [4.78, 5) is 11.6. The van der Waals surface area contributed by atoms with E-state index in [9.17, 15) is 4.79 Å². The van der Waals surface area contributed by atoms with Crippen molar-refractivity contribution in [3.8, 4) is 5.75 Å². The second-order valence-electron chi connectivity index (χ2n) is 3.96. The van der Waals surface area contributed by atoms with E-state index in [4.69, 9.17) is 4.74 Å². The molecule has 0 atom stereocenters. The first-order valence-electron chi connectivity index (χ1n) is 4.96. The third kappa shape index (κ3) is 1.59. The van der Waals surface area contributed by atoms with Crippen LogP contribution in [-0.2, 0) is 10.2 Å². The molecule has 1 aromatic carbocycles. The van der Waals surface area contributed by atoms with Crippen molar-refractivity contribution in [2.24, 2.45) is 0 Å². The second-order valence-corrected chi connectivity index (χ2v) is 4.75. The Morgan fingerprint density at radius 1 is 1.47 bits per heavy atom. The van der Waals surface area contributed by atoms with Crippen LogP contribution in [0.15, 0.2) is 22.7 Å². The Hall–Kier alpha value is -0.830. The molecule has 1 fully saturated rings. The molecule has 1 saturated carbocycles. The van der Waals surface area contributed by atoms with Crippen LogP contribution in [0.4, 0.5) is 0 Å². The summed E-state index contributed by atoms with van der Waals surface area (Å²) in [6, 6.07) is 5.83. The van der Waals surface area contributed by atoms with Gasteiger partial charge in [0, 0.05) is 0 Å². The van der Waals surface area contributed by atoms with E-state index in [1.807, 2.05) is 18.2 Å². The molecule has 1 aliphatic rings. The highest BCUT2D eigenvalue weighted by molar-refractivity contribution is 9.10. The monoisotopic (exact) mass is 268 g/mol. The molecule has 3 heteroatoms. The largest absolute Gasteiger partial charge is 0.496 e. The van der Waals surface area contributed by atoms with Crippen LogP contribution in [0.2, 0.25) is 0 Å². The van der Waals surface area contributed by atoms with Crippen LogP contribution in [0.25, 0.3) is 0 Å². The second kappa shape index (κ2) is 3.63. The van der Waals surface area contributed by atoms with Crippen molar-refractivity contribution in [3.05, 3.63) is 28.2 Å². The fraction of sp³-hybridized carbons (Fsp3) is 0.417.